The van der Waals surface area contributed by atoms with Crippen LogP contribution in [0.25, 0.3) is 0 Å². The van der Waals surface area contributed by atoms with Gasteiger partial charge in [0.1, 0.15) is 0 Å². The molecule has 2 rings (SSSR count). The largest absolute Gasteiger partial charge is 0.393 e. The zero-order valence-corrected chi connectivity index (χ0v) is 26.9. The first kappa shape index (κ1) is 36.4. The first-order chi connectivity index (χ1) is 20.7. The van der Waals surface area contributed by atoms with Gasteiger partial charge in [-0.3, -0.25) is 19.2 Å². The highest BCUT2D eigenvalue weighted by Crippen LogP contribution is 2.23. The quantitative estimate of drug-likeness (QED) is 0.148. The second-order valence-corrected chi connectivity index (χ2v) is 12.1. The number of aliphatic hydroxyl groups is 1. The molecule has 0 aromatic heterocycles. The molecule has 4 N–H and O–H groups in total. The highest BCUT2D eigenvalue weighted by molar-refractivity contribution is 6.01. The maximum atomic E-state index is 13.0. The molecule has 1 aliphatic rings. The van der Waals surface area contributed by atoms with E-state index in [9.17, 15) is 24.3 Å². The Kier molecular flexibility index (Phi) is 17.1. The van der Waals surface area contributed by atoms with Crippen molar-refractivity contribution in [3.05, 3.63) is 34.9 Å². The zero-order chi connectivity index (χ0) is 31.6. The number of hydrogen-bond acceptors (Lipinski definition) is 6. The van der Waals surface area contributed by atoms with Crippen LogP contribution in [0.4, 0.5) is 0 Å². The van der Waals surface area contributed by atoms with Crippen LogP contribution in [0.5, 0.6) is 0 Å². The van der Waals surface area contributed by atoms with Crippen LogP contribution in [0.1, 0.15) is 124 Å². The smallest absolute Gasteiger partial charge is 0.253 e. The Bertz CT molecular complexity index is 1020. The van der Waals surface area contributed by atoms with Crippen LogP contribution in [-0.2, 0) is 9.59 Å². The summed E-state index contributed by atoms with van der Waals surface area (Å²) in [5.41, 5.74) is 7.40. The molecule has 9 nitrogen and oxygen atoms in total. The summed E-state index contributed by atoms with van der Waals surface area (Å²) in [6.45, 7) is 9.91. The lowest BCUT2D eigenvalue weighted by Crippen LogP contribution is -2.38. The molecule has 0 radical (unpaired) electrons. The molecule has 242 valence electrons. The Labute approximate surface area is 258 Å². The molecule has 3 amide bonds. The predicted octanol–water partition coefficient (Wildman–Crippen LogP) is 4.63. The molecule has 9 heteroatoms. The van der Waals surface area contributed by atoms with Gasteiger partial charge in [-0.2, -0.15) is 0 Å². The Morgan fingerprint density at radius 1 is 0.953 bits per heavy atom. The molecule has 0 bridgehead atoms. The maximum Gasteiger partial charge on any atom is 0.253 e. The summed E-state index contributed by atoms with van der Waals surface area (Å²) in [5, 5.41) is 13.3. The van der Waals surface area contributed by atoms with Gasteiger partial charge in [-0.05, 0) is 101 Å². The fraction of sp³-hybridized carbons (Fsp3) is 0.706. The van der Waals surface area contributed by atoms with E-state index in [4.69, 9.17) is 5.73 Å². The van der Waals surface area contributed by atoms with Crippen molar-refractivity contribution in [2.75, 3.05) is 39.3 Å². The Hall–Kier alpha value is -2.78. The number of nitrogens with one attached hydrogen (secondary N) is 1. The number of Topliss-reactive ketones (excluding diaryl/α,β-unsaturated/α-hetero) is 1. The van der Waals surface area contributed by atoms with Crippen molar-refractivity contribution in [1.29, 1.82) is 0 Å². The van der Waals surface area contributed by atoms with Gasteiger partial charge in [-0.1, -0.05) is 20.3 Å². The molecule has 1 saturated heterocycles. The minimum Gasteiger partial charge on any atom is -0.393 e. The number of piperidine rings is 1. The molecule has 1 atom stereocenters. The van der Waals surface area contributed by atoms with Gasteiger partial charge in [0.2, 0.25) is 11.8 Å². The lowest BCUT2D eigenvalue weighted by atomic mass is 9.92. The van der Waals surface area contributed by atoms with Crippen LogP contribution >= 0.6 is 0 Å². The number of benzene rings is 1. The van der Waals surface area contributed by atoms with E-state index in [2.05, 4.69) is 5.32 Å². The van der Waals surface area contributed by atoms with Crippen molar-refractivity contribution < 1.29 is 24.3 Å². The van der Waals surface area contributed by atoms with Crippen LogP contribution in [-0.4, -0.2) is 83.8 Å². The molecule has 1 fully saturated rings. The van der Waals surface area contributed by atoms with E-state index in [1.165, 1.54) is 0 Å². The third-order valence-corrected chi connectivity index (χ3v) is 8.27. The average molecular weight is 601 g/mol. The fourth-order valence-corrected chi connectivity index (χ4v) is 5.72. The number of ketones is 1. The zero-order valence-electron chi connectivity index (χ0n) is 26.9. The molecule has 1 heterocycles. The van der Waals surface area contributed by atoms with E-state index in [0.717, 1.165) is 70.0 Å². The number of aliphatic hydroxyl groups excluding tert-OH is 1. The number of amides is 3. The highest BCUT2D eigenvalue weighted by atomic mass is 16.3. The van der Waals surface area contributed by atoms with Gasteiger partial charge < -0.3 is 26.0 Å². The van der Waals surface area contributed by atoms with Crippen LogP contribution in [0.3, 0.4) is 0 Å². The standard InChI is InChI=1S/C34H56N4O5/c1-4-19-38(20-5-2)34(43)29-24-26(3)23-28(25-29)31(40)12-11-30(39)14-18-36-32(41)13-10-27-15-21-37(22-16-27)33(42)9-7-6-8-17-35/h23-25,27,30,39H,4-22,35H2,1-3H3,(H,36,41)/t30-/m1/s1. The Balaban J connectivity index is 1.66. The Morgan fingerprint density at radius 2 is 1.63 bits per heavy atom. The van der Waals surface area contributed by atoms with Gasteiger partial charge in [-0.25, -0.2) is 0 Å². The second-order valence-electron chi connectivity index (χ2n) is 12.1. The summed E-state index contributed by atoms with van der Waals surface area (Å²) in [7, 11) is 0. The van der Waals surface area contributed by atoms with E-state index in [0.29, 0.717) is 68.9 Å². The molecule has 0 unspecified atom stereocenters. The Morgan fingerprint density at radius 3 is 2.28 bits per heavy atom. The van der Waals surface area contributed by atoms with Gasteiger partial charge in [0.15, 0.2) is 5.78 Å². The average Bonchev–Trinajstić information content (AvgIpc) is 3.00. The minimum absolute atomic E-state index is 0.0289. The third kappa shape index (κ3) is 13.6. The summed E-state index contributed by atoms with van der Waals surface area (Å²) in [5.74, 6) is 0.495. The SMILES string of the molecule is CCCN(CCC)C(=O)c1cc(C)cc(C(=O)CC[C@@H](O)CCNC(=O)CCC2CCN(C(=O)CCCCCN)CC2)c1. The predicted molar refractivity (Wildman–Crippen MR) is 171 cm³/mol. The molecule has 0 aliphatic carbocycles. The number of hydrogen-bond donors (Lipinski definition) is 3. The number of rotatable bonds is 20. The molecule has 0 spiro atoms. The number of aryl methyl sites for hydroxylation is 1. The van der Waals surface area contributed by atoms with Crippen LogP contribution in [0.15, 0.2) is 18.2 Å². The van der Waals surface area contributed by atoms with E-state index in [1.54, 1.807) is 12.1 Å². The van der Waals surface area contributed by atoms with Gasteiger partial charge in [0, 0.05) is 63.1 Å². The number of nitrogens with zero attached hydrogens (tertiary/aromatic N) is 2. The second kappa shape index (κ2) is 20.2. The minimum atomic E-state index is -0.697. The summed E-state index contributed by atoms with van der Waals surface area (Å²) in [6.07, 6.45) is 8.47. The van der Waals surface area contributed by atoms with E-state index < -0.39 is 6.10 Å². The molecular weight excluding hydrogens is 544 g/mol. The summed E-state index contributed by atoms with van der Waals surface area (Å²) in [6, 6.07) is 5.30. The fourth-order valence-electron chi connectivity index (χ4n) is 5.72. The third-order valence-electron chi connectivity index (χ3n) is 8.27. The van der Waals surface area contributed by atoms with E-state index in [1.807, 2.05) is 36.6 Å². The van der Waals surface area contributed by atoms with Gasteiger partial charge in [-0.15, -0.1) is 0 Å². The lowest BCUT2D eigenvalue weighted by Gasteiger charge is -2.32. The molecule has 0 saturated carbocycles. The van der Waals surface area contributed by atoms with Crippen molar-refractivity contribution in [2.45, 2.75) is 110 Å². The summed E-state index contributed by atoms with van der Waals surface area (Å²) in [4.78, 5) is 54.5. The summed E-state index contributed by atoms with van der Waals surface area (Å²) < 4.78 is 0. The van der Waals surface area contributed by atoms with Crippen LogP contribution in [0, 0.1) is 12.8 Å². The molecule has 43 heavy (non-hydrogen) atoms. The van der Waals surface area contributed by atoms with E-state index in [-0.39, 0.29) is 29.9 Å². The topological polar surface area (TPSA) is 133 Å². The molecule has 1 aromatic carbocycles. The van der Waals surface area contributed by atoms with Crippen molar-refractivity contribution in [3.8, 4) is 0 Å². The van der Waals surface area contributed by atoms with Gasteiger partial charge >= 0.3 is 0 Å². The van der Waals surface area contributed by atoms with Crippen molar-refractivity contribution in [1.82, 2.24) is 15.1 Å². The normalized spacial score (nSPS) is 14.4. The monoisotopic (exact) mass is 600 g/mol. The van der Waals surface area contributed by atoms with Crippen molar-refractivity contribution in [2.24, 2.45) is 11.7 Å². The number of carbonyl (C=O) groups is 4. The first-order valence-electron chi connectivity index (χ1n) is 16.5. The highest BCUT2D eigenvalue weighted by Gasteiger charge is 2.23. The first-order valence-corrected chi connectivity index (χ1v) is 16.5. The summed E-state index contributed by atoms with van der Waals surface area (Å²) >= 11 is 0. The van der Waals surface area contributed by atoms with Crippen molar-refractivity contribution >= 4 is 23.5 Å². The molecule has 1 aliphatic heterocycles. The number of carbonyl (C=O) groups excluding carboxylic acids is 4. The van der Waals surface area contributed by atoms with Crippen LogP contribution < -0.4 is 11.1 Å². The van der Waals surface area contributed by atoms with Gasteiger partial charge in [0.25, 0.3) is 5.91 Å². The number of nitrogens with two attached hydrogens (primary N) is 1. The molecule has 1 aromatic rings. The number of likely N-dealkylation sites (tertiary alicyclic amines) is 1. The van der Waals surface area contributed by atoms with E-state index >= 15 is 0 Å². The van der Waals surface area contributed by atoms with Crippen molar-refractivity contribution in [3.63, 3.8) is 0 Å². The maximum absolute atomic E-state index is 13.0. The van der Waals surface area contributed by atoms with Crippen LogP contribution in [0.2, 0.25) is 0 Å². The van der Waals surface area contributed by atoms with Gasteiger partial charge in [0.05, 0.1) is 6.10 Å². The molecular formula is C34H56N4O5. The lowest BCUT2D eigenvalue weighted by molar-refractivity contribution is -0.133. The number of unbranched alkanes of at least 4 members (excludes halogenated alkanes) is 2.